The normalized spacial score (nSPS) is 15.5. The van der Waals surface area contributed by atoms with Gasteiger partial charge in [-0.1, -0.05) is 87.9 Å². The zero-order valence-electron chi connectivity index (χ0n) is 16.9. The molecule has 1 aliphatic carbocycles. The molecule has 0 aromatic heterocycles. The Hall–Kier alpha value is -0.528. The zero-order chi connectivity index (χ0) is 20.4. The molecule has 0 saturated heterocycles. The van der Waals surface area contributed by atoms with Crippen molar-refractivity contribution in [2.45, 2.75) is 59.5 Å². The van der Waals surface area contributed by atoms with E-state index in [0.29, 0.717) is 0 Å². The number of rotatable bonds is 7. The van der Waals surface area contributed by atoms with Crippen molar-refractivity contribution in [2.75, 3.05) is 0 Å². The maximum absolute atomic E-state index is 8.25. The fraction of sp³-hybridized carbons (Fsp3) is 0.455. The van der Waals surface area contributed by atoms with Crippen LogP contribution in [0.1, 0.15) is 53.0 Å². The Kier molecular flexibility index (Phi) is 11.0. The fourth-order valence-electron chi connectivity index (χ4n) is 3.29. The van der Waals surface area contributed by atoms with Crippen LogP contribution < -0.4 is 0 Å². The number of benzene rings is 1. The third-order valence-electron chi connectivity index (χ3n) is 4.86. The average Bonchev–Trinajstić information content (AvgIpc) is 3.17. The molecule has 0 aliphatic heterocycles. The minimum absolute atomic E-state index is 0.0895. The molecule has 5 heteroatoms. The van der Waals surface area contributed by atoms with Crippen LogP contribution in [0, 0.1) is 5.41 Å². The summed E-state index contributed by atoms with van der Waals surface area (Å²) in [4.78, 5) is 0. The van der Waals surface area contributed by atoms with Crippen LogP contribution in [0.4, 0.5) is 0 Å². The van der Waals surface area contributed by atoms with Gasteiger partial charge in [-0.05, 0) is 42.4 Å². The first-order chi connectivity index (χ1) is 12.7. The molecule has 2 nitrogen and oxygen atoms in total. The van der Waals surface area contributed by atoms with Crippen molar-refractivity contribution in [3.05, 3.63) is 71.6 Å². The minimum atomic E-state index is -0.181. The number of hydrogen-bond acceptors (Lipinski definition) is 1. The molecule has 0 radical (unpaired) electrons. The van der Waals surface area contributed by atoms with Gasteiger partial charge in [0.1, 0.15) is 0 Å². The summed E-state index contributed by atoms with van der Waals surface area (Å²) in [5.74, 6) is 8.25. The van der Waals surface area contributed by atoms with Gasteiger partial charge in [-0.2, -0.15) is 0 Å². The summed E-state index contributed by atoms with van der Waals surface area (Å²) in [6, 6.07) is 10.9. The summed E-state index contributed by atoms with van der Waals surface area (Å²) in [5.41, 5.74) is 4.21. The summed E-state index contributed by atoms with van der Waals surface area (Å²) in [5, 5.41) is 1.67. The van der Waals surface area contributed by atoms with E-state index < -0.39 is 0 Å². The van der Waals surface area contributed by atoms with Gasteiger partial charge in [-0.3, -0.25) is 0 Å². The van der Waals surface area contributed by atoms with Crippen molar-refractivity contribution in [2.24, 2.45) is 5.41 Å². The molecule has 1 N–H and O–H groups in total. The third kappa shape index (κ3) is 8.16. The van der Waals surface area contributed by atoms with E-state index in [-0.39, 0.29) is 30.9 Å². The molecule has 0 bridgehead atoms. The molecular formula is C22H31Cl2CrN2. The molecule has 0 saturated carbocycles. The van der Waals surface area contributed by atoms with E-state index >= 15 is 0 Å². The average molecular weight is 446 g/mol. The Morgan fingerprint density at radius 2 is 1.81 bits per heavy atom. The van der Waals surface area contributed by atoms with E-state index in [4.69, 9.17) is 25.9 Å². The number of nitrogens with zero attached hydrogens (tertiary/aromatic N) is 1. The topological polar surface area (TPSA) is 27.0 Å². The fourth-order valence-corrected chi connectivity index (χ4v) is 3.29. The van der Waals surface area contributed by atoms with E-state index in [9.17, 15) is 0 Å². The van der Waals surface area contributed by atoms with Crippen molar-refractivity contribution < 1.29 is 13.4 Å². The molecule has 0 spiro atoms. The van der Waals surface area contributed by atoms with E-state index in [2.05, 4.69) is 89.3 Å². The molecule has 0 heterocycles. The van der Waals surface area contributed by atoms with Gasteiger partial charge in [0, 0.05) is 6.04 Å². The third-order valence-corrected chi connectivity index (χ3v) is 4.86. The molecule has 27 heavy (non-hydrogen) atoms. The Balaban J connectivity index is 0.00000114. The predicted molar refractivity (Wildman–Crippen MR) is 117 cm³/mol. The number of allylic oxidation sites excluding steroid dienone is 5. The molecular weight excluding hydrogens is 415 g/mol. The SMILES string of the molecule is CC(C)N([NH-])C(C)C=C(CC(C)(C)C1=CC=CC1)c1ccccc1.[Cl][Cr+][Cl]. The van der Waals surface area contributed by atoms with Crippen LogP contribution in [0.3, 0.4) is 0 Å². The first-order valence-corrected chi connectivity index (χ1v) is 12.7. The second-order valence-corrected chi connectivity index (χ2v) is 9.85. The monoisotopic (exact) mass is 445 g/mol. The first kappa shape index (κ1) is 24.5. The summed E-state index contributed by atoms with van der Waals surface area (Å²) < 4.78 is 0. The van der Waals surface area contributed by atoms with Crippen molar-refractivity contribution in [3.63, 3.8) is 0 Å². The molecule has 1 aromatic carbocycles. The molecule has 1 aliphatic rings. The van der Waals surface area contributed by atoms with Crippen LogP contribution in [0.5, 0.6) is 0 Å². The summed E-state index contributed by atoms with van der Waals surface area (Å²) >= 11 is -0.181. The molecule has 2 rings (SSSR count). The van der Waals surface area contributed by atoms with Crippen LogP contribution >= 0.6 is 20.1 Å². The maximum atomic E-state index is 8.25. The van der Waals surface area contributed by atoms with Crippen molar-refractivity contribution >= 4 is 25.7 Å². The standard InChI is InChI=1S/C22H31N2.2ClH.Cr/c1-17(2)24(23)18(3)15-20(19-11-7-6-8-12-19)16-22(4,5)21-13-9-10-14-21;;;/h6-13,15,17-18,23H,14,16H2,1-5H3;2*1H;/q-1;;;+3/p-2. The van der Waals surface area contributed by atoms with E-state index in [1.807, 2.05) is 0 Å². The van der Waals surface area contributed by atoms with Crippen LogP contribution in [0.25, 0.3) is 11.4 Å². The molecule has 1 unspecified atom stereocenters. The Morgan fingerprint density at radius 1 is 1.22 bits per heavy atom. The predicted octanol–water partition coefficient (Wildman–Crippen LogP) is 7.82. The van der Waals surface area contributed by atoms with Gasteiger partial charge < -0.3 is 10.9 Å². The van der Waals surface area contributed by atoms with E-state index in [1.54, 1.807) is 5.01 Å². The van der Waals surface area contributed by atoms with Crippen LogP contribution in [0.2, 0.25) is 0 Å². The number of halogens is 2. The van der Waals surface area contributed by atoms with Gasteiger partial charge in [0.25, 0.3) is 0 Å². The summed E-state index contributed by atoms with van der Waals surface area (Å²) in [6.45, 7) is 10.9. The molecule has 0 amide bonds. The summed E-state index contributed by atoms with van der Waals surface area (Å²) in [6.07, 6.45) is 11.0. The van der Waals surface area contributed by atoms with Crippen molar-refractivity contribution in [1.29, 1.82) is 0 Å². The van der Waals surface area contributed by atoms with Gasteiger partial charge in [-0.25, -0.2) is 0 Å². The van der Waals surface area contributed by atoms with E-state index in [0.717, 1.165) is 12.8 Å². The molecule has 1 atom stereocenters. The summed E-state index contributed by atoms with van der Waals surface area (Å²) in [7, 11) is 9.65. The molecule has 1 aromatic rings. The quantitative estimate of drug-likeness (QED) is 0.392. The van der Waals surface area contributed by atoms with Crippen molar-refractivity contribution in [1.82, 2.24) is 5.01 Å². The van der Waals surface area contributed by atoms with Gasteiger partial charge in [0.15, 0.2) is 0 Å². The van der Waals surface area contributed by atoms with Gasteiger partial charge in [-0.15, -0.1) is 0 Å². The number of nitrogens with one attached hydrogen (secondary N) is 1. The van der Waals surface area contributed by atoms with Crippen molar-refractivity contribution in [3.8, 4) is 0 Å². The van der Waals surface area contributed by atoms with Crippen LogP contribution in [-0.4, -0.2) is 17.1 Å². The Bertz CT molecular complexity index is 652. The Morgan fingerprint density at radius 3 is 2.30 bits per heavy atom. The second-order valence-electron chi connectivity index (χ2n) is 7.74. The van der Waals surface area contributed by atoms with E-state index in [1.165, 1.54) is 16.7 Å². The molecule has 149 valence electrons. The second kappa shape index (κ2) is 12.1. The zero-order valence-corrected chi connectivity index (χ0v) is 19.7. The number of hydrogen-bond donors (Lipinski definition) is 0. The molecule has 0 fully saturated rings. The van der Waals surface area contributed by atoms with Gasteiger partial charge >= 0.3 is 33.5 Å². The van der Waals surface area contributed by atoms with Crippen LogP contribution in [-0.2, 0) is 13.4 Å². The van der Waals surface area contributed by atoms with Gasteiger partial charge in [0.2, 0.25) is 0 Å². The Labute approximate surface area is 180 Å². The van der Waals surface area contributed by atoms with Gasteiger partial charge in [0.05, 0.1) is 0 Å². The van der Waals surface area contributed by atoms with Crippen LogP contribution in [0.15, 0.2) is 60.2 Å². The first-order valence-electron chi connectivity index (χ1n) is 9.24.